The molecule has 1 aliphatic rings. The third-order valence-electron chi connectivity index (χ3n) is 4.10. The topological polar surface area (TPSA) is 12.0 Å². The van der Waals surface area contributed by atoms with Crippen LogP contribution in [0.25, 0.3) is 0 Å². The molecular weight excluding hydrogens is 170 g/mol. The van der Waals surface area contributed by atoms with Gasteiger partial charge in [0.05, 0.1) is 0 Å². The van der Waals surface area contributed by atoms with Gasteiger partial charge in [0.1, 0.15) is 0 Å². The molecule has 0 aromatic heterocycles. The normalized spacial score (nSPS) is 34.5. The highest BCUT2D eigenvalue weighted by Gasteiger charge is 2.34. The van der Waals surface area contributed by atoms with E-state index < -0.39 is 0 Å². The van der Waals surface area contributed by atoms with Crippen LogP contribution in [0.4, 0.5) is 0 Å². The van der Waals surface area contributed by atoms with E-state index in [1.807, 2.05) is 0 Å². The summed E-state index contributed by atoms with van der Waals surface area (Å²) in [5.41, 5.74) is 0.506. The SMILES string of the molecule is CCC1CC(C(C)(C)C)CCC1NC. The quantitative estimate of drug-likeness (QED) is 0.715. The first-order chi connectivity index (χ1) is 6.49. The van der Waals surface area contributed by atoms with E-state index in [1.54, 1.807) is 0 Å². The molecule has 1 heteroatoms. The minimum Gasteiger partial charge on any atom is -0.317 e. The molecule has 14 heavy (non-hydrogen) atoms. The summed E-state index contributed by atoms with van der Waals surface area (Å²) in [7, 11) is 2.12. The highest BCUT2D eigenvalue weighted by atomic mass is 14.9. The molecule has 84 valence electrons. The molecule has 3 unspecified atom stereocenters. The van der Waals surface area contributed by atoms with Gasteiger partial charge in [-0.3, -0.25) is 0 Å². The van der Waals surface area contributed by atoms with Crippen LogP contribution in [0.15, 0.2) is 0 Å². The van der Waals surface area contributed by atoms with E-state index in [1.165, 1.54) is 25.7 Å². The fourth-order valence-corrected chi connectivity index (χ4v) is 2.88. The Kier molecular flexibility index (Phi) is 4.00. The van der Waals surface area contributed by atoms with Crippen LogP contribution < -0.4 is 5.32 Å². The standard InChI is InChI=1S/C13H27N/c1-6-10-9-11(13(2,3)4)7-8-12(10)14-5/h10-12,14H,6-9H2,1-5H3. The minimum atomic E-state index is 0.506. The van der Waals surface area contributed by atoms with E-state index in [4.69, 9.17) is 0 Å². The van der Waals surface area contributed by atoms with Crippen molar-refractivity contribution >= 4 is 0 Å². The largest absolute Gasteiger partial charge is 0.317 e. The fourth-order valence-electron chi connectivity index (χ4n) is 2.88. The molecule has 0 aromatic rings. The first-order valence-electron chi connectivity index (χ1n) is 6.16. The highest BCUT2D eigenvalue weighted by molar-refractivity contribution is 4.87. The summed E-state index contributed by atoms with van der Waals surface area (Å²) in [6.45, 7) is 9.51. The number of rotatable bonds is 2. The van der Waals surface area contributed by atoms with Crippen LogP contribution in [0.5, 0.6) is 0 Å². The molecule has 0 spiro atoms. The van der Waals surface area contributed by atoms with E-state index in [0.29, 0.717) is 5.41 Å². The fraction of sp³-hybridized carbons (Fsp3) is 1.00. The second kappa shape index (κ2) is 4.65. The van der Waals surface area contributed by atoms with Gasteiger partial charge >= 0.3 is 0 Å². The predicted molar refractivity (Wildman–Crippen MR) is 63.4 cm³/mol. The molecular formula is C13H27N. The Balaban J connectivity index is 2.57. The van der Waals surface area contributed by atoms with Crippen LogP contribution in [-0.2, 0) is 0 Å². The van der Waals surface area contributed by atoms with Crippen LogP contribution in [-0.4, -0.2) is 13.1 Å². The van der Waals surface area contributed by atoms with Crippen molar-refractivity contribution in [2.24, 2.45) is 17.3 Å². The average molecular weight is 197 g/mol. The van der Waals surface area contributed by atoms with Gasteiger partial charge in [0, 0.05) is 6.04 Å². The van der Waals surface area contributed by atoms with E-state index in [2.05, 4.69) is 40.1 Å². The van der Waals surface area contributed by atoms with E-state index in [-0.39, 0.29) is 0 Å². The minimum absolute atomic E-state index is 0.506. The Labute approximate surface area is 89.7 Å². The predicted octanol–water partition coefficient (Wildman–Crippen LogP) is 3.45. The molecule has 1 rings (SSSR count). The Morgan fingerprint density at radius 2 is 1.86 bits per heavy atom. The molecule has 0 heterocycles. The number of hydrogen-bond acceptors (Lipinski definition) is 1. The Hall–Kier alpha value is -0.0400. The van der Waals surface area contributed by atoms with Crippen LogP contribution in [0.2, 0.25) is 0 Å². The summed E-state index contributed by atoms with van der Waals surface area (Å²) >= 11 is 0. The highest BCUT2D eigenvalue weighted by Crippen LogP contribution is 2.41. The maximum atomic E-state index is 3.48. The summed E-state index contributed by atoms with van der Waals surface area (Å²) < 4.78 is 0. The van der Waals surface area contributed by atoms with Gasteiger partial charge in [0.2, 0.25) is 0 Å². The van der Waals surface area contributed by atoms with Gasteiger partial charge in [-0.05, 0) is 43.6 Å². The lowest BCUT2D eigenvalue weighted by Gasteiger charge is -2.41. The maximum Gasteiger partial charge on any atom is 0.00924 e. The molecule has 1 fully saturated rings. The van der Waals surface area contributed by atoms with Gasteiger partial charge in [0.25, 0.3) is 0 Å². The Bertz CT molecular complexity index is 169. The lowest BCUT2D eigenvalue weighted by Crippen LogP contribution is -2.41. The Morgan fingerprint density at radius 3 is 2.29 bits per heavy atom. The van der Waals surface area contributed by atoms with Crippen LogP contribution in [0, 0.1) is 17.3 Å². The van der Waals surface area contributed by atoms with Crippen LogP contribution in [0.3, 0.4) is 0 Å². The van der Waals surface area contributed by atoms with Gasteiger partial charge in [-0.15, -0.1) is 0 Å². The molecule has 0 saturated heterocycles. The van der Waals surface area contributed by atoms with E-state index in [9.17, 15) is 0 Å². The summed E-state index contributed by atoms with van der Waals surface area (Å²) in [4.78, 5) is 0. The first-order valence-corrected chi connectivity index (χ1v) is 6.16. The van der Waals surface area contributed by atoms with Crippen molar-refractivity contribution in [3.8, 4) is 0 Å². The smallest absolute Gasteiger partial charge is 0.00924 e. The lowest BCUT2D eigenvalue weighted by atomic mass is 9.67. The molecule has 1 nitrogen and oxygen atoms in total. The molecule has 1 aliphatic carbocycles. The van der Waals surface area contributed by atoms with Crippen molar-refractivity contribution in [3.63, 3.8) is 0 Å². The van der Waals surface area contributed by atoms with Crippen molar-refractivity contribution in [1.82, 2.24) is 5.32 Å². The lowest BCUT2D eigenvalue weighted by molar-refractivity contribution is 0.115. The Morgan fingerprint density at radius 1 is 1.21 bits per heavy atom. The summed E-state index contributed by atoms with van der Waals surface area (Å²) in [6.07, 6.45) is 5.53. The van der Waals surface area contributed by atoms with Crippen LogP contribution >= 0.6 is 0 Å². The van der Waals surface area contributed by atoms with Gasteiger partial charge < -0.3 is 5.32 Å². The van der Waals surface area contributed by atoms with Gasteiger partial charge in [-0.2, -0.15) is 0 Å². The zero-order valence-electron chi connectivity index (χ0n) is 10.6. The van der Waals surface area contributed by atoms with E-state index >= 15 is 0 Å². The molecule has 0 aromatic carbocycles. The number of nitrogens with one attached hydrogen (secondary N) is 1. The molecule has 0 bridgehead atoms. The molecule has 3 atom stereocenters. The molecule has 0 aliphatic heterocycles. The monoisotopic (exact) mass is 197 g/mol. The molecule has 1 saturated carbocycles. The van der Waals surface area contributed by atoms with Crippen molar-refractivity contribution in [2.45, 2.75) is 59.4 Å². The molecule has 0 radical (unpaired) electrons. The second-order valence-electron chi connectivity index (χ2n) is 5.94. The van der Waals surface area contributed by atoms with Gasteiger partial charge in [0.15, 0.2) is 0 Å². The van der Waals surface area contributed by atoms with Crippen molar-refractivity contribution < 1.29 is 0 Å². The third-order valence-corrected chi connectivity index (χ3v) is 4.10. The summed E-state index contributed by atoms with van der Waals surface area (Å²) in [5, 5.41) is 3.48. The maximum absolute atomic E-state index is 3.48. The van der Waals surface area contributed by atoms with E-state index in [0.717, 1.165) is 17.9 Å². The number of hydrogen-bond donors (Lipinski definition) is 1. The summed E-state index contributed by atoms with van der Waals surface area (Å²) in [5.74, 6) is 1.83. The van der Waals surface area contributed by atoms with Crippen molar-refractivity contribution in [1.29, 1.82) is 0 Å². The van der Waals surface area contributed by atoms with Crippen molar-refractivity contribution in [3.05, 3.63) is 0 Å². The first kappa shape index (κ1) is 12.0. The third kappa shape index (κ3) is 2.73. The van der Waals surface area contributed by atoms with Crippen molar-refractivity contribution in [2.75, 3.05) is 7.05 Å². The van der Waals surface area contributed by atoms with Gasteiger partial charge in [-0.25, -0.2) is 0 Å². The molecule has 0 amide bonds. The molecule has 1 N–H and O–H groups in total. The zero-order valence-corrected chi connectivity index (χ0v) is 10.6. The zero-order chi connectivity index (χ0) is 10.8. The van der Waals surface area contributed by atoms with Gasteiger partial charge in [-0.1, -0.05) is 34.1 Å². The van der Waals surface area contributed by atoms with Crippen LogP contribution in [0.1, 0.15) is 53.4 Å². The average Bonchev–Trinajstić information content (AvgIpc) is 2.15. The summed E-state index contributed by atoms with van der Waals surface area (Å²) in [6, 6.07) is 0.776. The second-order valence-corrected chi connectivity index (χ2v) is 5.94.